The summed E-state index contributed by atoms with van der Waals surface area (Å²) in [4.78, 5) is 12.3. The average Bonchev–Trinajstić information content (AvgIpc) is 3.33. The van der Waals surface area contributed by atoms with E-state index < -0.39 is 0 Å². The van der Waals surface area contributed by atoms with E-state index in [0.29, 0.717) is 25.7 Å². The first kappa shape index (κ1) is 16.0. The molecule has 0 unspecified atom stereocenters. The van der Waals surface area contributed by atoms with Crippen molar-refractivity contribution in [2.75, 3.05) is 19.8 Å². The van der Waals surface area contributed by atoms with Gasteiger partial charge in [-0.3, -0.25) is 9.48 Å². The second kappa shape index (κ2) is 6.78. The van der Waals surface area contributed by atoms with Crippen molar-refractivity contribution in [3.63, 3.8) is 0 Å². The molecule has 6 heteroatoms. The molecule has 2 aliphatic rings. The van der Waals surface area contributed by atoms with Gasteiger partial charge in [0.25, 0.3) is 0 Å². The lowest BCUT2D eigenvalue weighted by Crippen LogP contribution is -2.27. The number of aryl methyl sites for hydroxylation is 2. The Morgan fingerprint density at radius 1 is 1.32 bits per heavy atom. The first-order valence-electron chi connectivity index (χ1n) is 8.87. The molecule has 1 aromatic heterocycles. The molecule has 4 rings (SSSR count). The van der Waals surface area contributed by atoms with Crippen LogP contribution in [0.2, 0.25) is 0 Å². The summed E-state index contributed by atoms with van der Waals surface area (Å²) in [6, 6.07) is 6.02. The fraction of sp³-hybridized carbons (Fsp3) is 0.474. The van der Waals surface area contributed by atoms with Gasteiger partial charge in [-0.1, -0.05) is 6.07 Å². The minimum Gasteiger partial charge on any atom is -0.486 e. The van der Waals surface area contributed by atoms with Gasteiger partial charge in [-0.15, -0.1) is 0 Å². The maximum Gasteiger partial charge on any atom is 0.223 e. The normalized spacial score (nSPS) is 21.0. The molecule has 1 aliphatic heterocycles. The Bertz CT molecular complexity index is 771. The zero-order valence-electron chi connectivity index (χ0n) is 14.4. The quantitative estimate of drug-likeness (QED) is 0.819. The molecule has 2 atom stereocenters. The minimum absolute atomic E-state index is 0.0782. The summed E-state index contributed by atoms with van der Waals surface area (Å²) in [7, 11) is 0. The third kappa shape index (κ3) is 3.62. The van der Waals surface area contributed by atoms with Crippen LogP contribution in [0.15, 0.2) is 30.6 Å². The van der Waals surface area contributed by atoms with E-state index in [1.165, 1.54) is 0 Å². The number of amides is 1. The number of carbonyl (C=O) groups is 1. The van der Waals surface area contributed by atoms with Crippen molar-refractivity contribution in [1.82, 2.24) is 15.1 Å². The molecule has 6 nitrogen and oxygen atoms in total. The Kier molecular flexibility index (Phi) is 4.34. The van der Waals surface area contributed by atoms with E-state index in [4.69, 9.17) is 9.47 Å². The number of aromatic nitrogens is 2. The highest BCUT2D eigenvalue weighted by molar-refractivity contribution is 5.82. The SMILES string of the molecule is Cc1cnn(CCCNC(=O)[C@H]2C[C@H]2c2ccc3c(c2)OCCO3)c1. The van der Waals surface area contributed by atoms with Crippen molar-refractivity contribution < 1.29 is 14.3 Å². The van der Waals surface area contributed by atoms with Gasteiger partial charge < -0.3 is 14.8 Å². The van der Waals surface area contributed by atoms with E-state index in [1.54, 1.807) is 0 Å². The van der Waals surface area contributed by atoms with Gasteiger partial charge >= 0.3 is 0 Å². The molecule has 1 N–H and O–H groups in total. The van der Waals surface area contributed by atoms with Crippen LogP contribution in [0.1, 0.15) is 29.9 Å². The number of nitrogens with zero attached hydrogens (tertiary/aromatic N) is 2. The number of ether oxygens (including phenoxy) is 2. The molecule has 0 saturated heterocycles. The van der Waals surface area contributed by atoms with Gasteiger partial charge in [0.05, 0.1) is 6.20 Å². The van der Waals surface area contributed by atoms with Crippen LogP contribution in [0.3, 0.4) is 0 Å². The number of nitrogens with one attached hydrogen (secondary N) is 1. The standard InChI is InChI=1S/C19H23N3O3/c1-13-11-21-22(12-13)6-2-5-20-19(23)16-10-15(16)14-3-4-17-18(9-14)25-8-7-24-17/h3-4,9,11-12,15-16H,2,5-8,10H2,1H3,(H,20,23)/t15-,16-/m0/s1. The lowest BCUT2D eigenvalue weighted by atomic mass is 10.1. The topological polar surface area (TPSA) is 65.4 Å². The third-order valence-electron chi connectivity index (χ3n) is 4.75. The fourth-order valence-corrected chi connectivity index (χ4v) is 3.32. The van der Waals surface area contributed by atoms with Crippen LogP contribution in [0.25, 0.3) is 0 Å². The molecule has 1 aliphatic carbocycles. The first-order chi connectivity index (χ1) is 12.2. The third-order valence-corrected chi connectivity index (χ3v) is 4.75. The van der Waals surface area contributed by atoms with Gasteiger partial charge in [-0.2, -0.15) is 5.10 Å². The van der Waals surface area contributed by atoms with Crippen LogP contribution < -0.4 is 14.8 Å². The van der Waals surface area contributed by atoms with Crippen LogP contribution in [0.5, 0.6) is 11.5 Å². The average molecular weight is 341 g/mol. The van der Waals surface area contributed by atoms with Crippen molar-refractivity contribution in [3.05, 3.63) is 41.7 Å². The Morgan fingerprint density at radius 3 is 2.96 bits per heavy atom. The number of rotatable bonds is 6. The molecule has 25 heavy (non-hydrogen) atoms. The highest BCUT2D eigenvalue weighted by Gasteiger charge is 2.44. The van der Waals surface area contributed by atoms with Crippen molar-refractivity contribution in [3.8, 4) is 11.5 Å². The molecular formula is C19H23N3O3. The van der Waals surface area contributed by atoms with Gasteiger partial charge in [0.15, 0.2) is 11.5 Å². The fourth-order valence-electron chi connectivity index (χ4n) is 3.32. The summed E-state index contributed by atoms with van der Waals surface area (Å²) in [5.74, 6) is 2.12. The number of carbonyl (C=O) groups excluding carboxylic acids is 1. The maximum atomic E-state index is 12.3. The van der Waals surface area contributed by atoms with Crippen molar-refractivity contribution in [1.29, 1.82) is 0 Å². The van der Waals surface area contributed by atoms with Gasteiger partial charge in [0.1, 0.15) is 13.2 Å². The molecule has 0 bridgehead atoms. The first-order valence-corrected chi connectivity index (χ1v) is 8.87. The van der Waals surface area contributed by atoms with E-state index in [0.717, 1.165) is 42.0 Å². The molecule has 1 amide bonds. The summed E-state index contributed by atoms with van der Waals surface area (Å²) >= 11 is 0. The minimum atomic E-state index is 0.0782. The van der Waals surface area contributed by atoms with E-state index in [2.05, 4.69) is 10.4 Å². The number of fused-ring (bicyclic) bond motifs is 1. The molecule has 1 fully saturated rings. The summed E-state index contributed by atoms with van der Waals surface area (Å²) in [6.45, 7) is 4.71. The lowest BCUT2D eigenvalue weighted by Gasteiger charge is -2.18. The molecule has 1 saturated carbocycles. The zero-order valence-corrected chi connectivity index (χ0v) is 14.4. The Hall–Kier alpha value is -2.50. The van der Waals surface area contributed by atoms with Crippen LogP contribution in [0.4, 0.5) is 0 Å². The lowest BCUT2D eigenvalue weighted by molar-refractivity contribution is -0.122. The number of benzene rings is 1. The van der Waals surface area contributed by atoms with Crippen LogP contribution in [0, 0.1) is 12.8 Å². The molecule has 132 valence electrons. The largest absolute Gasteiger partial charge is 0.486 e. The van der Waals surface area contributed by atoms with E-state index in [-0.39, 0.29) is 11.8 Å². The van der Waals surface area contributed by atoms with Crippen molar-refractivity contribution in [2.45, 2.75) is 32.2 Å². The van der Waals surface area contributed by atoms with Gasteiger partial charge in [0, 0.05) is 25.2 Å². The molecule has 0 radical (unpaired) electrons. The Labute approximate surface area is 147 Å². The maximum absolute atomic E-state index is 12.3. The molecule has 1 aromatic carbocycles. The Morgan fingerprint density at radius 2 is 2.16 bits per heavy atom. The van der Waals surface area contributed by atoms with Gasteiger partial charge in [-0.25, -0.2) is 0 Å². The van der Waals surface area contributed by atoms with Crippen molar-refractivity contribution in [2.24, 2.45) is 5.92 Å². The van der Waals surface area contributed by atoms with Gasteiger partial charge in [0.2, 0.25) is 5.91 Å². The highest BCUT2D eigenvalue weighted by Crippen LogP contribution is 2.49. The summed E-state index contributed by atoms with van der Waals surface area (Å²) < 4.78 is 13.1. The molecule has 2 heterocycles. The van der Waals surface area contributed by atoms with E-state index in [9.17, 15) is 4.79 Å². The highest BCUT2D eigenvalue weighted by atomic mass is 16.6. The monoisotopic (exact) mass is 341 g/mol. The van der Waals surface area contributed by atoms with Crippen LogP contribution >= 0.6 is 0 Å². The van der Waals surface area contributed by atoms with Gasteiger partial charge in [-0.05, 0) is 48.9 Å². The Balaban J connectivity index is 1.24. The second-order valence-corrected chi connectivity index (χ2v) is 6.78. The van der Waals surface area contributed by atoms with Crippen LogP contribution in [-0.4, -0.2) is 35.4 Å². The molecule has 0 spiro atoms. The van der Waals surface area contributed by atoms with Crippen molar-refractivity contribution >= 4 is 5.91 Å². The predicted molar refractivity (Wildman–Crippen MR) is 92.9 cm³/mol. The van der Waals surface area contributed by atoms with E-state index in [1.807, 2.05) is 42.2 Å². The summed E-state index contributed by atoms with van der Waals surface area (Å²) in [5.41, 5.74) is 2.32. The predicted octanol–water partition coefficient (Wildman–Crippen LogP) is 2.27. The number of hydrogen-bond acceptors (Lipinski definition) is 4. The van der Waals surface area contributed by atoms with E-state index >= 15 is 0 Å². The second-order valence-electron chi connectivity index (χ2n) is 6.78. The summed E-state index contributed by atoms with van der Waals surface area (Å²) in [5, 5.41) is 7.30. The number of hydrogen-bond donors (Lipinski definition) is 1. The molecular weight excluding hydrogens is 318 g/mol. The zero-order chi connectivity index (χ0) is 17.2. The smallest absolute Gasteiger partial charge is 0.223 e. The summed E-state index contributed by atoms with van der Waals surface area (Å²) in [6.07, 6.45) is 5.65. The molecule has 2 aromatic rings. The van der Waals surface area contributed by atoms with Crippen LogP contribution in [-0.2, 0) is 11.3 Å².